The van der Waals surface area contributed by atoms with Gasteiger partial charge in [0.25, 0.3) is 0 Å². The molecule has 0 unspecified atom stereocenters. The molecule has 18 heavy (non-hydrogen) atoms. The Morgan fingerprint density at radius 2 is 1.89 bits per heavy atom. The van der Waals surface area contributed by atoms with Gasteiger partial charge in [0.1, 0.15) is 4.90 Å². The van der Waals surface area contributed by atoms with Gasteiger partial charge < -0.3 is 10.4 Å². The van der Waals surface area contributed by atoms with E-state index in [-0.39, 0.29) is 11.5 Å². The minimum atomic E-state index is -3.71. The molecule has 1 aromatic rings. The van der Waals surface area contributed by atoms with Crippen LogP contribution in [0.5, 0.6) is 0 Å². The first kappa shape index (κ1) is 14.8. The highest BCUT2D eigenvalue weighted by atomic mass is 32.2. The van der Waals surface area contributed by atoms with E-state index in [1.165, 1.54) is 19.4 Å². The largest absolute Gasteiger partial charge is 0.394 e. The zero-order chi connectivity index (χ0) is 14.0. The van der Waals surface area contributed by atoms with Crippen molar-refractivity contribution in [3.63, 3.8) is 0 Å². The summed E-state index contributed by atoms with van der Waals surface area (Å²) in [6, 6.07) is 0. The summed E-state index contributed by atoms with van der Waals surface area (Å²) in [5.74, 6) is 0.345. The second-order valence-corrected chi connectivity index (χ2v) is 6.40. The van der Waals surface area contributed by atoms with Gasteiger partial charge in [-0.05, 0) is 13.8 Å². The summed E-state index contributed by atoms with van der Waals surface area (Å²) < 4.78 is 25.6. The highest BCUT2D eigenvalue weighted by molar-refractivity contribution is 7.89. The summed E-state index contributed by atoms with van der Waals surface area (Å²) in [7, 11) is -0.656. The second-order valence-electron chi connectivity index (χ2n) is 4.44. The molecule has 0 aliphatic carbocycles. The number of aromatic nitrogens is 2. The molecule has 0 fully saturated rings. The van der Waals surface area contributed by atoms with Crippen LogP contribution in [0.4, 0.5) is 5.95 Å². The number of sulfonamides is 1. The highest BCUT2D eigenvalue weighted by Crippen LogP contribution is 2.21. The fourth-order valence-electron chi connectivity index (χ4n) is 1.16. The van der Waals surface area contributed by atoms with Crippen LogP contribution in [0.2, 0.25) is 0 Å². The van der Waals surface area contributed by atoms with Crippen LogP contribution < -0.4 is 5.32 Å². The van der Waals surface area contributed by atoms with Crippen LogP contribution in [0.1, 0.15) is 13.8 Å². The molecule has 0 bridgehead atoms. The molecule has 0 saturated heterocycles. The summed E-state index contributed by atoms with van der Waals surface area (Å²) >= 11 is 0. The van der Waals surface area contributed by atoms with E-state index in [1.807, 2.05) is 0 Å². The Morgan fingerprint density at radius 3 is 2.28 bits per heavy atom. The van der Waals surface area contributed by atoms with E-state index in [1.54, 1.807) is 20.9 Å². The van der Waals surface area contributed by atoms with E-state index >= 15 is 0 Å². The zero-order valence-corrected chi connectivity index (χ0v) is 11.7. The van der Waals surface area contributed by atoms with Crippen LogP contribution in [0.15, 0.2) is 17.3 Å². The standard InChI is InChI=1S/C10H18N4O3S/c1-10(2,7-15)14(4)18(16,17)8-5-12-9(11-3)13-6-8/h5-6,15H,7H2,1-4H3,(H,11,12,13). The van der Waals surface area contributed by atoms with Gasteiger partial charge in [-0.1, -0.05) is 0 Å². The van der Waals surface area contributed by atoms with Crippen LogP contribution in [-0.2, 0) is 10.0 Å². The van der Waals surface area contributed by atoms with Crippen molar-refractivity contribution in [2.75, 3.05) is 26.0 Å². The van der Waals surface area contributed by atoms with E-state index in [0.717, 1.165) is 4.31 Å². The molecule has 8 heteroatoms. The number of hydrogen-bond acceptors (Lipinski definition) is 6. The molecule has 7 nitrogen and oxygen atoms in total. The fourth-order valence-corrected chi connectivity index (χ4v) is 2.56. The number of anilines is 1. The third-order valence-electron chi connectivity index (χ3n) is 2.75. The van der Waals surface area contributed by atoms with Gasteiger partial charge in [-0.2, -0.15) is 4.31 Å². The van der Waals surface area contributed by atoms with Crippen molar-refractivity contribution in [2.24, 2.45) is 0 Å². The summed E-state index contributed by atoms with van der Waals surface area (Å²) in [5.41, 5.74) is -0.888. The van der Waals surface area contributed by atoms with Crippen LogP contribution in [0, 0.1) is 0 Å². The van der Waals surface area contributed by atoms with Gasteiger partial charge in [0.05, 0.1) is 24.5 Å². The lowest BCUT2D eigenvalue weighted by atomic mass is 10.1. The first-order valence-corrected chi connectivity index (χ1v) is 6.79. The smallest absolute Gasteiger partial charge is 0.246 e. The highest BCUT2D eigenvalue weighted by Gasteiger charge is 2.33. The van der Waals surface area contributed by atoms with Crippen LogP contribution in [0.3, 0.4) is 0 Å². The van der Waals surface area contributed by atoms with Gasteiger partial charge in [0.15, 0.2) is 0 Å². The van der Waals surface area contributed by atoms with Gasteiger partial charge in [0, 0.05) is 14.1 Å². The van der Waals surface area contributed by atoms with E-state index in [9.17, 15) is 13.5 Å². The summed E-state index contributed by atoms with van der Waals surface area (Å²) in [4.78, 5) is 7.72. The normalized spacial score (nSPS) is 12.8. The molecule has 1 heterocycles. The molecule has 0 aliphatic rings. The van der Waals surface area contributed by atoms with Crippen LogP contribution in [0.25, 0.3) is 0 Å². The second kappa shape index (κ2) is 5.17. The summed E-state index contributed by atoms with van der Waals surface area (Å²) in [6.45, 7) is 2.99. The Kier molecular flexibility index (Phi) is 4.25. The monoisotopic (exact) mass is 274 g/mol. The van der Waals surface area contributed by atoms with Gasteiger partial charge in [-0.25, -0.2) is 18.4 Å². The average molecular weight is 274 g/mol. The van der Waals surface area contributed by atoms with E-state index in [0.29, 0.717) is 5.95 Å². The number of rotatable bonds is 5. The number of hydrogen-bond donors (Lipinski definition) is 2. The molecule has 0 aliphatic heterocycles. The Hall–Kier alpha value is -1.25. The van der Waals surface area contributed by atoms with E-state index in [4.69, 9.17) is 0 Å². The maximum absolute atomic E-state index is 12.3. The molecule has 1 aromatic heterocycles. The first-order valence-electron chi connectivity index (χ1n) is 5.35. The number of likely N-dealkylation sites (N-methyl/N-ethyl adjacent to an activating group) is 1. The lowest BCUT2D eigenvalue weighted by molar-refractivity contribution is 0.138. The molecule has 0 aromatic carbocycles. The molecule has 0 amide bonds. The Morgan fingerprint density at radius 1 is 1.39 bits per heavy atom. The predicted octanol–water partition coefficient (Wildman–Crippen LogP) is -0.0903. The fraction of sp³-hybridized carbons (Fsp3) is 0.600. The van der Waals surface area contributed by atoms with Crippen molar-refractivity contribution < 1.29 is 13.5 Å². The number of aliphatic hydroxyl groups excluding tert-OH is 1. The third-order valence-corrected chi connectivity index (χ3v) is 4.77. The van der Waals surface area contributed by atoms with Crippen molar-refractivity contribution in [3.05, 3.63) is 12.4 Å². The Balaban J connectivity index is 3.13. The van der Waals surface area contributed by atoms with E-state index < -0.39 is 15.6 Å². The topological polar surface area (TPSA) is 95.4 Å². The molecular weight excluding hydrogens is 256 g/mol. The van der Waals surface area contributed by atoms with Gasteiger partial charge in [-0.15, -0.1) is 0 Å². The van der Waals surface area contributed by atoms with Gasteiger partial charge in [-0.3, -0.25) is 0 Å². The Labute approximate surface area is 107 Å². The minimum absolute atomic E-state index is 0.00877. The van der Waals surface area contributed by atoms with Crippen molar-refractivity contribution >= 4 is 16.0 Å². The van der Waals surface area contributed by atoms with Crippen molar-refractivity contribution in [1.29, 1.82) is 0 Å². The molecule has 0 saturated carbocycles. The Bertz CT molecular complexity index is 498. The van der Waals surface area contributed by atoms with Gasteiger partial charge in [0.2, 0.25) is 16.0 Å². The van der Waals surface area contributed by atoms with Crippen molar-refractivity contribution in [2.45, 2.75) is 24.3 Å². The summed E-state index contributed by atoms with van der Waals surface area (Å²) in [5, 5.41) is 11.9. The number of nitrogens with zero attached hydrogens (tertiary/aromatic N) is 3. The summed E-state index contributed by atoms with van der Waals surface area (Å²) in [6.07, 6.45) is 2.47. The number of aliphatic hydroxyl groups is 1. The van der Waals surface area contributed by atoms with Crippen molar-refractivity contribution in [1.82, 2.24) is 14.3 Å². The first-order chi connectivity index (χ1) is 8.25. The van der Waals surface area contributed by atoms with Gasteiger partial charge >= 0.3 is 0 Å². The number of nitrogens with one attached hydrogen (secondary N) is 1. The molecule has 102 valence electrons. The zero-order valence-electron chi connectivity index (χ0n) is 10.9. The van der Waals surface area contributed by atoms with E-state index in [2.05, 4.69) is 15.3 Å². The average Bonchev–Trinajstić information content (AvgIpc) is 2.37. The van der Waals surface area contributed by atoms with Crippen molar-refractivity contribution in [3.8, 4) is 0 Å². The van der Waals surface area contributed by atoms with Crippen LogP contribution >= 0.6 is 0 Å². The molecule has 0 spiro atoms. The quantitative estimate of drug-likeness (QED) is 0.779. The maximum atomic E-state index is 12.3. The SMILES string of the molecule is CNc1ncc(S(=O)(=O)N(C)C(C)(C)CO)cn1. The third kappa shape index (κ3) is 2.77. The molecule has 0 radical (unpaired) electrons. The molecular formula is C10H18N4O3S. The minimum Gasteiger partial charge on any atom is -0.394 e. The predicted molar refractivity (Wildman–Crippen MR) is 67.7 cm³/mol. The van der Waals surface area contributed by atoms with Crippen LogP contribution in [-0.4, -0.2) is 54.0 Å². The lowest BCUT2D eigenvalue weighted by Crippen LogP contribution is -2.47. The molecule has 2 N–H and O–H groups in total. The maximum Gasteiger partial charge on any atom is 0.246 e. The molecule has 0 atom stereocenters. The lowest BCUT2D eigenvalue weighted by Gasteiger charge is -2.32. The molecule has 1 rings (SSSR count).